The van der Waals surface area contributed by atoms with Gasteiger partial charge in [0.25, 0.3) is 11.8 Å². The molecule has 0 bridgehead atoms. The second-order valence-electron chi connectivity index (χ2n) is 7.57. The quantitative estimate of drug-likeness (QED) is 0.283. The van der Waals surface area contributed by atoms with Crippen LogP contribution in [0, 0.1) is 5.82 Å². The maximum atomic E-state index is 12.9. The topological polar surface area (TPSA) is 117 Å². The van der Waals surface area contributed by atoms with E-state index in [1.807, 2.05) is 0 Å². The second-order valence-corrected chi connectivity index (χ2v) is 10.3. The monoisotopic (exact) mass is 566 g/mol. The molecule has 3 rings (SSSR count). The molecule has 0 spiro atoms. The molecule has 0 saturated carbocycles. The van der Waals surface area contributed by atoms with Crippen LogP contribution < -0.4 is 19.8 Å². The summed E-state index contributed by atoms with van der Waals surface area (Å²) in [6.45, 7) is -0.780. The molecule has 13 heteroatoms. The molecule has 0 fully saturated rings. The van der Waals surface area contributed by atoms with Crippen molar-refractivity contribution >= 4 is 62.6 Å². The van der Waals surface area contributed by atoms with Crippen LogP contribution in [-0.2, 0) is 19.6 Å². The first-order valence-electron chi connectivity index (χ1n) is 10.5. The number of hydrogen-bond donors (Lipinski definition) is 2. The number of halogens is 3. The van der Waals surface area contributed by atoms with Gasteiger partial charge in [-0.1, -0.05) is 23.2 Å². The van der Waals surface area contributed by atoms with Gasteiger partial charge in [-0.05, 0) is 72.3 Å². The molecule has 0 saturated heterocycles. The highest BCUT2D eigenvalue weighted by molar-refractivity contribution is 7.92. The smallest absolute Gasteiger partial charge is 0.262 e. The van der Waals surface area contributed by atoms with Gasteiger partial charge in [0, 0.05) is 5.69 Å². The lowest BCUT2D eigenvalue weighted by molar-refractivity contribution is -0.119. The zero-order valence-electron chi connectivity index (χ0n) is 19.3. The average molecular weight is 567 g/mol. The Labute approximate surface area is 222 Å². The van der Waals surface area contributed by atoms with Gasteiger partial charge in [0.1, 0.15) is 18.1 Å². The highest BCUT2D eigenvalue weighted by atomic mass is 35.5. The SMILES string of the molecule is CS(=O)(=O)N(CC(=O)N/N=C\c1ccc(OCC(=O)Nc2ccc(F)cc2)cc1)c1ccc(Cl)c(Cl)c1. The van der Waals surface area contributed by atoms with Gasteiger partial charge in [-0.2, -0.15) is 5.10 Å². The van der Waals surface area contributed by atoms with Gasteiger partial charge in [0.15, 0.2) is 6.61 Å². The molecule has 194 valence electrons. The number of sulfonamides is 1. The molecule has 3 aromatic carbocycles. The molecule has 2 N–H and O–H groups in total. The molecule has 0 aromatic heterocycles. The number of hydrogen-bond acceptors (Lipinski definition) is 6. The fourth-order valence-corrected chi connectivity index (χ4v) is 4.05. The maximum Gasteiger partial charge on any atom is 0.262 e. The average Bonchev–Trinajstić information content (AvgIpc) is 2.84. The van der Waals surface area contributed by atoms with Crippen LogP contribution in [-0.4, -0.2) is 45.9 Å². The molecule has 0 aliphatic heterocycles. The lowest BCUT2D eigenvalue weighted by Gasteiger charge is -2.21. The van der Waals surface area contributed by atoms with E-state index in [1.165, 1.54) is 48.7 Å². The number of ether oxygens (including phenoxy) is 1. The van der Waals surface area contributed by atoms with Crippen molar-refractivity contribution in [2.75, 3.05) is 29.0 Å². The lowest BCUT2D eigenvalue weighted by Crippen LogP contribution is -2.39. The number of carbonyl (C=O) groups excluding carboxylic acids is 2. The van der Waals surface area contributed by atoms with Gasteiger partial charge in [0.05, 0.1) is 28.2 Å². The third-order valence-electron chi connectivity index (χ3n) is 4.66. The van der Waals surface area contributed by atoms with E-state index in [1.54, 1.807) is 24.3 Å². The van der Waals surface area contributed by atoms with E-state index in [0.717, 1.165) is 10.6 Å². The summed E-state index contributed by atoms with van der Waals surface area (Å²) in [6.07, 6.45) is 2.31. The third-order valence-corrected chi connectivity index (χ3v) is 6.54. The predicted molar refractivity (Wildman–Crippen MR) is 141 cm³/mol. The van der Waals surface area contributed by atoms with Crippen molar-refractivity contribution in [2.45, 2.75) is 0 Å². The van der Waals surface area contributed by atoms with Crippen molar-refractivity contribution in [1.29, 1.82) is 0 Å². The van der Waals surface area contributed by atoms with Crippen LogP contribution in [0.4, 0.5) is 15.8 Å². The number of nitrogens with one attached hydrogen (secondary N) is 2. The van der Waals surface area contributed by atoms with Crippen LogP contribution >= 0.6 is 23.2 Å². The van der Waals surface area contributed by atoms with Crippen LogP contribution in [0.15, 0.2) is 71.8 Å². The number of benzene rings is 3. The van der Waals surface area contributed by atoms with Crippen molar-refractivity contribution in [3.8, 4) is 5.75 Å². The van der Waals surface area contributed by atoms with Gasteiger partial charge in [-0.3, -0.25) is 13.9 Å². The molecule has 9 nitrogen and oxygen atoms in total. The molecular formula is C24H21Cl2FN4O5S. The van der Waals surface area contributed by atoms with E-state index >= 15 is 0 Å². The number of carbonyl (C=O) groups is 2. The lowest BCUT2D eigenvalue weighted by atomic mass is 10.2. The molecule has 37 heavy (non-hydrogen) atoms. The highest BCUT2D eigenvalue weighted by Crippen LogP contribution is 2.28. The van der Waals surface area contributed by atoms with Gasteiger partial charge >= 0.3 is 0 Å². The first kappa shape index (κ1) is 27.9. The first-order chi connectivity index (χ1) is 17.5. The summed E-state index contributed by atoms with van der Waals surface area (Å²) in [6, 6.07) is 16.0. The normalized spacial score (nSPS) is 11.2. The minimum atomic E-state index is -3.79. The van der Waals surface area contributed by atoms with Crippen LogP contribution in [0.3, 0.4) is 0 Å². The molecule has 0 heterocycles. The number of rotatable bonds is 10. The summed E-state index contributed by atoms with van der Waals surface area (Å²) in [5.74, 6) is -1.08. The number of hydrazone groups is 1. The summed E-state index contributed by atoms with van der Waals surface area (Å²) in [5, 5.41) is 6.81. The summed E-state index contributed by atoms with van der Waals surface area (Å²) in [5.41, 5.74) is 3.50. The van der Waals surface area contributed by atoms with Gasteiger partial charge in [-0.15, -0.1) is 0 Å². The molecule has 0 unspecified atom stereocenters. The molecular weight excluding hydrogens is 546 g/mol. The van der Waals surface area contributed by atoms with Crippen LogP contribution in [0.1, 0.15) is 5.56 Å². The minimum Gasteiger partial charge on any atom is -0.484 e. The fourth-order valence-electron chi connectivity index (χ4n) is 2.91. The summed E-state index contributed by atoms with van der Waals surface area (Å²) >= 11 is 11.8. The van der Waals surface area contributed by atoms with E-state index in [4.69, 9.17) is 27.9 Å². The van der Waals surface area contributed by atoms with Crippen molar-refractivity contribution < 1.29 is 27.1 Å². The Hall–Kier alpha value is -3.67. The van der Waals surface area contributed by atoms with E-state index in [0.29, 0.717) is 17.0 Å². The minimum absolute atomic E-state index is 0.146. The van der Waals surface area contributed by atoms with Crippen LogP contribution in [0.2, 0.25) is 10.0 Å². The van der Waals surface area contributed by atoms with Crippen LogP contribution in [0.5, 0.6) is 5.75 Å². The van der Waals surface area contributed by atoms with Gasteiger partial charge in [-0.25, -0.2) is 18.2 Å². The largest absolute Gasteiger partial charge is 0.484 e. The number of nitrogens with zero attached hydrogens (tertiary/aromatic N) is 2. The second kappa shape index (κ2) is 12.5. The van der Waals surface area contributed by atoms with Crippen LogP contribution in [0.25, 0.3) is 0 Å². The Bertz CT molecular complexity index is 1400. The Kier molecular flexibility index (Phi) is 9.45. The van der Waals surface area contributed by atoms with Crippen molar-refractivity contribution in [1.82, 2.24) is 5.43 Å². The Balaban J connectivity index is 1.50. The number of anilines is 2. The number of amides is 2. The molecule has 0 aliphatic carbocycles. The van der Waals surface area contributed by atoms with Gasteiger partial charge < -0.3 is 10.1 Å². The standard InChI is InChI=1S/C24H21Cl2FN4O5S/c1-37(34,35)31(19-8-11-21(25)22(26)12-19)14-23(32)30-28-13-16-2-9-20(10-3-16)36-15-24(33)29-18-6-4-17(27)5-7-18/h2-13H,14-15H2,1H3,(H,29,33)(H,30,32)/b28-13-. The summed E-state index contributed by atoms with van der Waals surface area (Å²) < 4.78 is 43.6. The molecule has 0 atom stereocenters. The molecule has 0 aliphatic rings. The molecule has 2 amide bonds. The van der Waals surface area contributed by atoms with Crippen molar-refractivity contribution in [3.63, 3.8) is 0 Å². The van der Waals surface area contributed by atoms with Gasteiger partial charge in [0.2, 0.25) is 10.0 Å². The Morgan fingerprint density at radius 1 is 1.00 bits per heavy atom. The predicted octanol–water partition coefficient (Wildman–Crippen LogP) is 4.07. The summed E-state index contributed by atoms with van der Waals surface area (Å²) in [4.78, 5) is 24.3. The third kappa shape index (κ3) is 8.74. The fraction of sp³-hybridized carbons (Fsp3) is 0.125. The Morgan fingerprint density at radius 2 is 1.68 bits per heavy atom. The van der Waals surface area contributed by atoms with E-state index in [9.17, 15) is 22.4 Å². The Morgan fingerprint density at radius 3 is 2.30 bits per heavy atom. The van der Waals surface area contributed by atoms with Crippen molar-refractivity contribution in [2.24, 2.45) is 5.10 Å². The first-order valence-corrected chi connectivity index (χ1v) is 13.1. The van der Waals surface area contributed by atoms with Crippen molar-refractivity contribution in [3.05, 3.63) is 88.2 Å². The van der Waals surface area contributed by atoms with E-state index < -0.39 is 34.2 Å². The summed E-state index contributed by atoms with van der Waals surface area (Å²) in [7, 11) is -3.79. The van der Waals surface area contributed by atoms with E-state index in [-0.39, 0.29) is 22.3 Å². The molecule has 0 radical (unpaired) electrons. The highest BCUT2D eigenvalue weighted by Gasteiger charge is 2.21. The zero-order chi connectivity index (χ0) is 27.0. The molecule has 3 aromatic rings. The van der Waals surface area contributed by atoms with E-state index in [2.05, 4.69) is 15.8 Å². The maximum absolute atomic E-state index is 12.9. The zero-order valence-corrected chi connectivity index (χ0v) is 21.6.